The zero-order valence-corrected chi connectivity index (χ0v) is 54.1. The van der Waals surface area contributed by atoms with Gasteiger partial charge in [0, 0.05) is 6.42 Å². The summed E-state index contributed by atoms with van der Waals surface area (Å²) < 4.78 is 11.3. The van der Waals surface area contributed by atoms with Crippen LogP contribution in [-0.4, -0.2) is 87.5 Å². The number of amides is 1. The minimum atomic E-state index is -1.58. The molecule has 7 unspecified atom stereocenters. The SMILES string of the molecule is CC/C=C\C/C=C\C/C=C\C/C=C\C/C=C\C/C=C\CCCCCCCCCCCCC(=O)NC(COC1OC(CO)C(O)C(O)C1O)C(O)/C=C/CC/C=C/CC/C=C/CCCCCCCCCCCCCCCCCCCCCCCC. The summed E-state index contributed by atoms with van der Waals surface area (Å²) in [6, 6.07) is -0.840. The lowest BCUT2D eigenvalue weighted by atomic mass is 9.99. The minimum absolute atomic E-state index is 0.197. The summed E-state index contributed by atoms with van der Waals surface area (Å²) in [5.41, 5.74) is 0. The van der Waals surface area contributed by atoms with Gasteiger partial charge in [0.25, 0.3) is 0 Å². The molecule has 1 amide bonds. The highest BCUT2D eigenvalue weighted by Crippen LogP contribution is 2.23. The summed E-state index contributed by atoms with van der Waals surface area (Å²) in [4.78, 5) is 13.1. The molecule has 1 aliphatic heterocycles. The van der Waals surface area contributed by atoms with Crippen LogP contribution >= 0.6 is 0 Å². The molecule has 9 nitrogen and oxygen atoms in total. The van der Waals surface area contributed by atoms with Gasteiger partial charge in [0.15, 0.2) is 6.29 Å². The van der Waals surface area contributed by atoms with E-state index in [1.165, 1.54) is 186 Å². The fourth-order valence-corrected chi connectivity index (χ4v) is 10.6. The largest absolute Gasteiger partial charge is 0.394 e. The molecule has 1 saturated heterocycles. The van der Waals surface area contributed by atoms with E-state index < -0.39 is 49.5 Å². The van der Waals surface area contributed by atoms with Crippen LogP contribution in [0.5, 0.6) is 0 Å². The predicted octanol–water partition coefficient (Wildman–Crippen LogP) is 19.2. The molecule has 484 valence electrons. The van der Waals surface area contributed by atoms with E-state index in [1.54, 1.807) is 6.08 Å². The van der Waals surface area contributed by atoms with Crippen LogP contribution in [0.15, 0.2) is 109 Å². The van der Waals surface area contributed by atoms with Gasteiger partial charge < -0.3 is 40.3 Å². The monoisotopic (exact) mass is 1170 g/mol. The van der Waals surface area contributed by atoms with E-state index in [1.807, 2.05) is 6.08 Å². The smallest absolute Gasteiger partial charge is 0.220 e. The quantitative estimate of drug-likeness (QED) is 0.0261. The second-order valence-corrected chi connectivity index (χ2v) is 23.9. The Balaban J connectivity index is 2.19. The van der Waals surface area contributed by atoms with Crippen LogP contribution in [0, 0.1) is 0 Å². The molecule has 6 N–H and O–H groups in total. The lowest BCUT2D eigenvalue weighted by Crippen LogP contribution is -2.60. The molecule has 0 radical (unpaired) electrons. The van der Waals surface area contributed by atoms with Crippen molar-refractivity contribution in [2.45, 2.75) is 346 Å². The molecule has 1 heterocycles. The molecule has 0 saturated carbocycles. The summed E-state index contributed by atoms with van der Waals surface area (Å²) in [6.45, 7) is 3.67. The first-order chi connectivity index (χ1) is 41.3. The van der Waals surface area contributed by atoms with Gasteiger partial charge in [-0.05, 0) is 96.3 Å². The maximum absolute atomic E-state index is 13.1. The Morgan fingerprint density at radius 2 is 0.750 bits per heavy atom. The first-order valence-electron chi connectivity index (χ1n) is 35.1. The van der Waals surface area contributed by atoms with Crippen LogP contribution in [0.25, 0.3) is 0 Å². The Hall–Kier alpha value is -3.15. The standard InChI is InChI=1S/C75H131NO8/c1-3-5-7-9-11-13-15-17-19-21-23-25-27-29-31-33-34-35-37-38-40-42-44-46-48-50-52-54-56-58-60-62-64-69(78)68(67-83-75-74(82)73(81)72(80)70(66-77)84-75)76-71(79)65-63-61-59-57-55-53-51-49-47-45-43-41-39-36-32-30-28-26-24-22-20-18-16-14-12-10-8-6-4-2/h6,8,12,14,18,20,24,26,30,32,39,41,46,48,54,56,62,64,68-70,72-75,77-78,80-82H,3-5,7,9-11,13,15-17,19,21-23,25,27-29,31,33-38,40,42-45,47,49-53,55,57-61,63,65-67H2,1-2H3,(H,76,79)/b8-6-,14-12-,20-18-,26-24-,32-30-,41-39-,48-46+,56-54+,64-62+. The summed E-state index contributed by atoms with van der Waals surface area (Å²) >= 11 is 0. The molecule has 0 bridgehead atoms. The van der Waals surface area contributed by atoms with Crippen molar-refractivity contribution >= 4 is 5.91 Å². The highest BCUT2D eigenvalue weighted by atomic mass is 16.7. The van der Waals surface area contributed by atoms with Crippen molar-refractivity contribution in [3.63, 3.8) is 0 Å². The fourth-order valence-electron chi connectivity index (χ4n) is 10.6. The first-order valence-corrected chi connectivity index (χ1v) is 35.1. The molecule has 84 heavy (non-hydrogen) atoms. The van der Waals surface area contributed by atoms with Crippen molar-refractivity contribution in [1.29, 1.82) is 0 Å². The highest BCUT2D eigenvalue weighted by molar-refractivity contribution is 5.76. The third-order valence-corrected chi connectivity index (χ3v) is 16.1. The molecule has 1 fully saturated rings. The van der Waals surface area contributed by atoms with Crippen LogP contribution in [0.3, 0.4) is 0 Å². The number of aliphatic hydroxyl groups excluding tert-OH is 5. The molecule has 0 spiro atoms. The van der Waals surface area contributed by atoms with Gasteiger partial charge in [-0.2, -0.15) is 0 Å². The second kappa shape index (κ2) is 62.9. The van der Waals surface area contributed by atoms with Crippen LogP contribution < -0.4 is 5.32 Å². The third kappa shape index (κ3) is 50.9. The fraction of sp³-hybridized carbons (Fsp3) is 0.747. The van der Waals surface area contributed by atoms with Gasteiger partial charge >= 0.3 is 0 Å². The summed E-state index contributed by atoms with van der Waals surface area (Å²) in [5.74, 6) is -0.197. The van der Waals surface area contributed by atoms with Gasteiger partial charge in [0.2, 0.25) is 5.91 Å². The number of hydrogen-bond acceptors (Lipinski definition) is 8. The number of nitrogens with one attached hydrogen (secondary N) is 1. The van der Waals surface area contributed by atoms with E-state index in [2.05, 4.69) is 116 Å². The number of carbonyl (C=O) groups excluding carboxylic acids is 1. The van der Waals surface area contributed by atoms with Gasteiger partial charge in [-0.1, -0.05) is 309 Å². The van der Waals surface area contributed by atoms with Gasteiger partial charge in [-0.25, -0.2) is 0 Å². The average Bonchev–Trinajstić information content (AvgIpc) is 3.69. The van der Waals surface area contributed by atoms with Gasteiger partial charge in [0.05, 0.1) is 25.4 Å². The Labute approximate surface area is 516 Å². The van der Waals surface area contributed by atoms with Crippen molar-refractivity contribution in [1.82, 2.24) is 5.32 Å². The Morgan fingerprint density at radius 1 is 0.417 bits per heavy atom. The van der Waals surface area contributed by atoms with E-state index in [-0.39, 0.29) is 12.5 Å². The van der Waals surface area contributed by atoms with Gasteiger partial charge in [0.1, 0.15) is 24.4 Å². The molecular weight excluding hydrogens is 1040 g/mol. The zero-order valence-electron chi connectivity index (χ0n) is 54.1. The molecule has 0 aromatic carbocycles. The second-order valence-electron chi connectivity index (χ2n) is 23.9. The molecule has 0 aliphatic carbocycles. The normalized spacial score (nSPS) is 18.9. The lowest BCUT2D eigenvalue weighted by Gasteiger charge is -2.40. The van der Waals surface area contributed by atoms with E-state index in [0.717, 1.165) is 96.3 Å². The summed E-state index contributed by atoms with van der Waals surface area (Å²) in [7, 11) is 0. The Bertz CT molecular complexity index is 1690. The first kappa shape index (κ1) is 78.9. The lowest BCUT2D eigenvalue weighted by molar-refractivity contribution is -0.302. The van der Waals surface area contributed by atoms with Crippen LogP contribution in [0.2, 0.25) is 0 Å². The third-order valence-electron chi connectivity index (χ3n) is 16.1. The van der Waals surface area contributed by atoms with Crippen LogP contribution in [0.1, 0.15) is 303 Å². The van der Waals surface area contributed by atoms with Crippen molar-refractivity contribution in [3.05, 3.63) is 109 Å². The maximum atomic E-state index is 13.1. The van der Waals surface area contributed by atoms with Crippen LogP contribution in [-0.2, 0) is 14.3 Å². The van der Waals surface area contributed by atoms with Gasteiger partial charge in [-0.3, -0.25) is 4.79 Å². The minimum Gasteiger partial charge on any atom is -0.394 e. The van der Waals surface area contributed by atoms with Gasteiger partial charge in [-0.15, -0.1) is 0 Å². The van der Waals surface area contributed by atoms with Crippen molar-refractivity contribution < 1.29 is 39.8 Å². The van der Waals surface area contributed by atoms with Crippen molar-refractivity contribution in [2.24, 2.45) is 0 Å². The molecule has 0 aromatic rings. The number of carbonyl (C=O) groups is 1. The van der Waals surface area contributed by atoms with E-state index in [4.69, 9.17) is 9.47 Å². The zero-order chi connectivity index (χ0) is 60.7. The molecule has 1 rings (SSSR count). The number of rotatable bonds is 60. The van der Waals surface area contributed by atoms with E-state index in [0.29, 0.717) is 6.42 Å². The molecule has 1 aliphatic rings. The molecule has 9 heteroatoms. The summed E-state index contributed by atoms with van der Waals surface area (Å²) in [6.07, 6.45) is 86.2. The number of allylic oxidation sites excluding steroid dienone is 17. The summed E-state index contributed by atoms with van der Waals surface area (Å²) in [5, 5.41) is 54.7. The number of hydrogen-bond donors (Lipinski definition) is 6. The Morgan fingerprint density at radius 3 is 1.14 bits per heavy atom. The molecule has 0 aromatic heterocycles. The molecule has 7 atom stereocenters. The number of ether oxygens (including phenoxy) is 2. The van der Waals surface area contributed by atoms with Crippen LogP contribution in [0.4, 0.5) is 0 Å². The Kier molecular flexibility index (Phi) is 59.0. The number of unbranched alkanes of at least 4 members (excludes halogenated alkanes) is 34. The van der Waals surface area contributed by atoms with Crippen molar-refractivity contribution in [2.75, 3.05) is 13.2 Å². The van der Waals surface area contributed by atoms with E-state index in [9.17, 15) is 30.3 Å². The number of aliphatic hydroxyl groups is 5. The highest BCUT2D eigenvalue weighted by Gasteiger charge is 2.44. The molecular formula is C75H131NO8. The topological polar surface area (TPSA) is 149 Å². The predicted molar refractivity (Wildman–Crippen MR) is 359 cm³/mol. The maximum Gasteiger partial charge on any atom is 0.220 e. The van der Waals surface area contributed by atoms with Crippen molar-refractivity contribution in [3.8, 4) is 0 Å². The van der Waals surface area contributed by atoms with E-state index >= 15 is 0 Å². The average molecular weight is 1170 g/mol.